The predicted molar refractivity (Wildman–Crippen MR) is 170 cm³/mol. The lowest BCUT2D eigenvalue weighted by Crippen LogP contribution is -2.58. The number of nitrogens with one attached hydrogen (secondary N) is 2. The number of amides is 2. The minimum absolute atomic E-state index is 0.150. The number of aromatic nitrogens is 1. The quantitative estimate of drug-likeness (QED) is 0.240. The third-order valence-corrected chi connectivity index (χ3v) is 8.62. The first-order valence-electron chi connectivity index (χ1n) is 14.8. The largest absolute Gasteiger partial charge is 0.497 e. The summed E-state index contributed by atoms with van der Waals surface area (Å²) in [6.45, 7) is 9.71. The van der Waals surface area contributed by atoms with E-state index in [2.05, 4.69) is 17.1 Å². The number of methoxy groups -OCH3 is 1. The lowest BCUT2D eigenvalue weighted by Gasteiger charge is -2.35. The molecule has 44 heavy (non-hydrogen) atoms. The highest BCUT2D eigenvalue weighted by atomic mass is 16.5. The van der Waals surface area contributed by atoms with Crippen LogP contribution >= 0.6 is 0 Å². The Morgan fingerprint density at radius 3 is 2.50 bits per heavy atom. The molecule has 1 aliphatic carbocycles. The molecule has 3 aromatic rings. The molecule has 5 atom stereocenters. The number of pyridine rings is 1. The number of carbonyl (C=O) groups excluding carboxylic acids is 2. The molecule has 3 N–H and O–H groups in total. The van der Waals surface area contributed by atoms with Crippen molar-refractivity contribution in [3.05, 3.63) is 67.3 Å². The summed E-state index contributed by atoms with van der Waals surface area (Å²) < 4.78 is 12.0. The van der Waals surface area contributed by atoms with Gasteiger partial charge in [0.1, 0.15) is 29.2 Å². The van der Waals surface area contributed by atoms with Gasteiger partial charge in [-0.05, 0) is 24.0 Å². The molecule has 0 spiro atoms. The van der Waals surface area contributed by atoms with Crippen molar-refractivity contribution in [3.8, 4) is 22.8 Å². The summed E-state index contributed by atoms with van der Waals surface area (Å²) in [5, 5.41) is 16.5. The molecule has 2 heterocycles. The van der Waals surface area contributed by atoms with Crippen LogP contribution in [-0.4, -0.2) is 78.1 Å². The summed E-state index contributed by atoms with van der Waals surface area (Å²) in [6.07, 6.45) is 1.45. The predicted octanol–water partition coefficient (Wildman–Crippen LogP) is 2.96. The molecule has 5 rings (SSSR count). The molecule has 1 aliphatic heterocycles. The molecule has 1 saturated heterocycles. The van der Waals surface area contributed by atoms with E-state index in [0.717, 1.165) is 10.9 Å². The molecule has 230 valence electrons. The number of carboxylic acid groups (broad SMARTS) is 1. The molecule has 2 amide bonds. The van der Waals surface area contributed by atoms with Crippen LogP contribution in [-0.2, 0) is 14.4 Å². The summed E-state index contributed by atoms with van der Waals surface area (Å²) >= 11 is 0. The average Bonchev–Trinajstić information content (AvgIpc) is 3.56. The van der Waals surface area contributed by atoms with Gasteiger partial charge in [0, 0.05) is 35.4 Å². The first-order valence-corrected chi connectivity index (χ1v) is 14.8. The van der Waals surface area contributed by atoms with Gasteiger partial charge < -0.3 is 30.0 Å². The zero-order chi connectivity index (χ0) is 31.8. The molecule has 1 aromatic heterocycles. The van der Waals surface area contributed by atoms with Gasteiger partial charge in [-0.25, -0.2) is 9.78 Å². The van der Waals surface area contributed by atoms with Gasteiger partial charge in [0.15, 0.2) is 7.98 Å². The fraction of sp³-hybridized carbons (Fsp3) is 0.394. The van der Waals surface area contributed by atoms with Crippen LogP contribution in [0.4, 0.5) is 0 Å². The summed E-state index contributed by atoms with van der Waals surface area (Å²) in [4.78, 5) is 46.2. The second-order valence-electron chi connectivity index (χ2n) is 12.6. The number of nitrogens with zero attached hydrogens (tertiary/aromatic N) is 2. The molecule has 10 nitrogen and oxygen atoms in total. The van der Waals surface area contributed by atoms with Gasteiger partial charge in [-0.2, -0.15) is 0 Å². The number of benzene rings is 2. The Hall–Kier alpha value is -4.38. The Kier molecular flexibility index (Phi) is 8.44. The average molecular weight is 599 g/mol. The van der Waals surface area contributed by atoms with E-state index in [-0.39, 0.29) is 31.2 Å². The number of aliphatic carboxylic acids is 1. The van der Waals surface area contributed by atoms with Crippen LogP contribution in [0.3, 0.4) is 0 Å². The number of ether oxygens (including phenoxy) is 2. The highest BCUT2D eigenvalue weighted by molar-refractivity contribution is 6.07. The van der Waals surface area contributed by atoms with Crippen molar-refractivity contribution >= 4 is 36.7 Å². The topological polar surface area (TPSA) is 130 Å². The van der Waals surface area contributed by atoms with Crippen LogP contribution in [0.25, 0.3) is 22.2 Å². The van der Waals surface area contributed by atoms with Crippen LogP contribution < -0.4 is 20.0 Å². The second kappa shape index (κ2) is 12.0. The SMILES string of the molecule is BN[C@H](C(=O)N1C[C@H](Oc2cc(-c3ccccc3)nc3cc(OC)ccc23)C[C@H]1C(=O)N[C@]1(C(=O)O)C[C@@H]1C=C)C(C)(C)C. The Morgan fingerprint density at radius 2 is 1.91 bits per heavy atom. The summed E-state index contributed by atoms with van der Waals surface area (Å²) in [5.74, 6) is -1.05. The number of hydrogen-bond acceptors (Lipinski definition) is 7. The van der Waals surface area contributed by atoms with Gasteiger partial charge in [0.05, 0.1) is 30.9 Å². The highest BCUT2D eigenvalue weighted by Crippen LogP contribution is 2.45. The van der Waals surface area contributed by atoms with Gasteiger partial charge in [0.25, 0.3) is 0 Å². The van der Waals surface area contributed by atoms with E-state index < -0.39 is 41.0 Å². The van der Waals surface area contributed by atoms with E-state index in [1.165, 1.54) is 4.90 Å². The van der Waals surface area contributed by atoms with Crippen molar-refractivity contribution in [2.75, 3.05) is 13.7 Å². The van der Waals surface area contributed by atoms with Gasteiger partial charge in [-0.15, -0.1) is 6.58 Å². The molecule has 11 heteroatoms. The molecule has 0 unspecified atom stereocenters. The number of rotatable bonds is 10. The fourth-order valence-electron chi connectivity index (χ4n) is 6.12. The van der Waals surface area contributed by atoms with Gasteiger partial charge >= 0.3 is 5.97 Å². The van der Waals surface area contributed by atoms with Crippen molar-refractivity contribution in [2.45, 2.75) is 57.3 Å². The first kappa shape index (κ1) is 31.1. The Balaban J connectivity index is 1.50. The number of likely N-dealkylation sites (tertiary alicyclic amines) is 1. The molecule has 0 bridgehead atoms. The van der Waals surface area contributed by atoms with E-state index in [0.29, 0.717) is 22.7 Å². The van der Waals surface area contributed by atoms with Crippen molar-refractivity contribution in [2.24, 2.45) is 11.3 Å². The summed E-state index contributed by atoms with van der Waals surface area (Å²) in [5.41, 5.74) is 0.436. The Bertz CT molecular complexity index is 1590. The van der Waals surface area contributed by atoms with E-state index in [9.17, 15) is 19.5 Å². The monoisotopic (exact) mass is 598 g/mol. The number of carbonyl (C=O) groups is 3. The maximum atomic E-state index is 14.0. The molecular weight excluding hydrogens is 559 g/mol. The summed E-state index contributed by atoms with van der Waals surface area (Å²) in [6, 6.07) is 15.7. The first-order chi connectivity index (χ1) is 20.9. The van der Waals surface area contributed by atoms with Crippen molar-refractivity contribution < 1.29 is 29.0 Å². The van der Waals surface area contributed by atoms with Crippen molar-refractivity contribution in [1.29, 1.82) is 0 Å². The lowest BCUT2D eigenvalue weighted by molar-refractivity contribution is -0.146. The van der Waals surface area contributed by atoms with Gasteiger partial charge in [0.2, 0.25) is 11.8 Å². The maximum absolute atomic E-state index is 14.0. The molecule has 2 aromatic carbocycles. The lowest BCUT2D eigenvalue weighted by atomic mass is 9.84. The summed E-state index contributed by atoms with van der Waals surface area (Å²) in [7, 11) is 3.31. The van der Waals surface area contributed by atoms with Crippen LogP contribution in [0.15, 0.2) is 67.3 Å². The molecular formula is C33H39BN4O6. The minimum atomic E-state index is -1.41. The van der Waals surface area contributed by atoms with Crippen LogP contribution in [0, 0.1) is 11.3 Å². The molecule has 2 aliphatic rings. The third kappa shape index (κ3) is 5.88. The van der Waals surface area contributed by atoms with Crippen LogP contribution in [0.1, 0.15) is 33.6 Å². The molecule has 2 fully saturated rings. The number of carboxylic acids is 1. The zero-order valence-corrected chi connectivity index (χ0v) is 25.8. The molecule has 1 saturated carbocycles. The maximum Gasteiger partial charge on any atom is 0.330 e. The van der Waals surface area contributed by atoms with Crippen LogP contribution in [0.2, 0.25) is 0 Å². The number of fused-ring (bicyclic) bond motifs is 1. The van der Waals surface area contributed by atoms with E-state index in [4.69, 9.17) is 14.5 Å². The fourth-order valence-corrected chi connectivity index (χ4v) is 6.12. The van der Waals surface area contributed by atoms with Crippen molar-refractivity contribution in [1.82, 2.24) is 20.4 Å². The highest BCUT2D eigenvalue weighted by Gasteiger charge is 2.61. The van der Waals surface area contributed by atoms with E-state index >= 15 is 0 Å². The Labute approximate surface area is 258 Å². The minimum Gasteiger partial charge on any atom is -0.497 e. The van der Waals surface area contributed by atoms with Crippen molar-refractivity contribution in [3.63, 3.8) is 0 Å². The number of hydrogen-bond donors (Lipinski definition) is 3. The molecule has 0 radical (unpaired) electrons. The van der Waals surface area contributed by atoms with E-state index in [1.54, 1.807) is 21.2 Å². The zero-order valence-electron chi connectivity index (χ0n) is 25.8. The van der Waals surface area contributed by atoms with Crippen LogP contribution in [0.5, 0.6) is 11.5 Å². The third-order valence-electron chi connectivity index (χ3n) is 8.62. The normalized spacial score (nSPS) is 23.5. The van der Waals surface area contributed by atoms with Gasteiger partial charge in [-0.3, -0.25) is 9.59 Å². The van der Waals surface area contributed by atoms with Gasteiger partial charge in [-0.1, -0.05) is 57.2 Å². The Morgan fingerprint density at radius 1 is 1.18 bits per heavy atom. The standard InChI is InChI=1S/C33H39BN4O6/c1-6-20-17-33(20,31(41)42)36-29(39)26-15-22(18-38(26)30(40)28(37-34)32(2,3)4)44-27-16-24(19-10-8-7-9-11-19)35-25-14-21(43-5)12-13-23(25)27/h6-14,16,20,22,26,28,37H,1,15,17-18,34H2,2-5H3,(H,36,39)(H,41,42)/t20-,22+,26-,28+,33+/m0/s1. The van der Waals surface area contributed by atoms with E-state index in [1.807, 2.05) is 75.4 Å². The smallest absolute Gasteiger partial charge is 0.330 e. The second-order valence-corrected chi connectivity index (χ2v) is 12.6.